The number of nitrogens with zero attached hydrogens (tertiary/aromatic N) is 2. The molecule has 8 heteroatoms. The van der Waals surface area contributed by atoms with Crippen LogP contribution in [0.5, 0.6) is 0 Å². The minimum absolute atomic E-state index is 0.0317. The summed E-state index contributed by atoms with van der Waals surface area (Å²) < 4.78 is 0. The number of anilines is 1. The maximum atomic E-state index is 13.3. The summed E-state index contributed by atoms with van der Waals surface area (Å²) in [5.74, 6) is -0.635. The normalized spacial score (nSPS) is 14.8. The molecule has 0 aliphatic heterocycles. The fourth-order valence-corrected chi connectivity index (χ4v) is 4.66. The SMILES string of the molecule is CC(C)[C@@H](C(=O)NC1CCCC1)N(Cc1ccccc1)C(=O)CCC(=O)Nc1nccs1. The van der Waals surface area contributed by atoms with Gasteiger partial charge in [-0.3, -0.25) is 14.4 Å². The molecule has 0 bridgehead atoms. The van der Waals surface area contributed by atoms with Crippen LogP contribution < -0.4 is 10.6 Å². The fourth-order valence-electron chi connectivity index (χ4n) is 4.11. The van der Waals surface area contributed by atoms with Crippen molar-refractivity contribution in [2.24, 2.45) is 5.92 Å². The van der Waals surface area contributed by atoms with Gasteiger partial charge in [-0.2, -0.15) is 0 Å². The number of rotatable bonds is 10. The first-order valence-corrected chi connectivity index (χ1v) is 12.1. The van der Waals surface area contributed by atoms with E-state index >= 15 is 0 Å². The first-order valence-electron chi connectivity index (χ1n) is 11.3. The molecule has 1 heterocycles. The molecule has 1 aliphatic rings. The van der Waals surface area contributed by atoms with Gasteiger partial charge in [0.2, 0.25) is 17.7 Å². The standard InChI is InChI=1S/C24H32N4O3S/c1-17(2)22(23(31)26-19-10-6-7-11-19)28(16-18-8-4-3-5-9-18)21(30)13-12-20(29)27-24-25-14-15-32-24/h3-5,8-9,14-15,17,19,22H,6-7,10-13,16H2,1-2H3,(H,26,31)(H,25,27,29)/t22-/m0/s1. The highest BCUT2D eigenvalue weighted by molar-refractivity contribution is 7.13. The molecule has 3 rings (SSSR count). The summed E-state index contributed by atoms with van der Waals surface area (Å²) in [5.41, 5.74) is 0.951. The van der Waals surface area contributed by atoms with Crippen molar-refractivity contribution in [3.8, 4) is 0 Å². The zero-order valence-electron chi connectivity index (χ0n) is 18.8. The van der Waals surface area contributed by atoms with E-state index in [1.165, 1.54) is 11.3 Å². The van der Waals surface area contributed by atoms with Crippen LogP contribution in [0.25, 0.3) is 0 Å². The lowest BCUT2D eigenvalue weighted by molar-refractivity contribution is -0.143. The van der Waals surface area contributed by atoms with Crippen LogP contribution in [-0.2, 0) is 20.9 Å². The van der Waals surface area contributed by atoms with Gasteiger partial charge in [0.1, 0.15) is 6.04 Å². The first kappa shape index (κ1) is 23.9. The molecule has 7 nitrogen and oxygen atoms in total. The Labute approximate surface area is 193 Å². The predicted octanol–water partition coefficient (Wildman–Crippen LogP) is 3.97. The largest absolute Gasteiger partial charge is 0.352 e. The Kier molecular flexibility index (Phi) is 8.79. The minimum Gasteiger partial charge on any atom is -0.352 e. The smallest absolute Gasteiger partial charge is 0.243 e. The van der Waals surface area contributed by atoms with E-state index in [1.54, 1.807) is 16.5 Å². The van der Waals surface area contributed by atoms with Crippen molar-refractivity contribution in [3.05, 3.63) is 47.5 Å². The van der Waals surface area contributed by atoms with E-state index in [1.807, 2.05) is 44.2 Å². The van der Waals surface area contributed by atoms with E-state index in [0.29, 0.717) is 11.7 Å². The number of carbonyl (C=O) groups is 3. The summed E-state index contributed by atoms with van der Waals surface area (Å²) in [7, 11) is 0. The average molecular weight is 457 g/mol. The molecule has 1 atom stereocenters. The molecular formula is C24H32N4O3S. The average Bonchev–Trinajstić information content (AvgIpc) is 3.46. The van der Waals surface area contributed by atoms with Gasteiger partial charge in [0.25, 0.3) is 0 Å². The lowest BCUT2D eigenvalue weighted by Crippen LogP contribution is -2.53. The highest BCUT2D eigenvalue weighted by Gasteiger charge is 2.34. The number of nitrogens with one attached hydrogen (secondary N) is 2. The van der Waals surface area contributed by atoms with Gasteiger partial charge in [-0.25, -0.2) is 4.98 Å². The van der Waals surface area contributed by atoms with Gasteiger partial charge in [-0.05, 0) is 24.3 Å². The molecule has 2 aromatic rings. The highest BCUT2D eigenvalue weighted by atomic mass is 32.1. The second-order valence-corrected chi connectivity index (χ2v) is 9.47. The minimum atomic E-state index is -0.592. The lowest BCUT2D eigenvalue weighted by Gasteiger charge is -2.34. The van der Waals surface area contributed by atoms with E-state index in [4.69, 9.17) is 0 Å². The molecule has 0 radical (unpaired) electrons. The van der Waals surface area contributed by atoms with Gasteiger partial charge in [-0.15, -0.1) is 11.3 Å². The van der Waals surface area contributed by atoms with Crippen LogP contribution in [0.3, 0.4) is 0 Å². The molecule has 1 aromatic heterocycles. The van der Waals surface area contributed by atoms with Crippen LogP contribution in [0.15, 0.2) is 41.9 Å². The van der Waals surface area contributed by atoms with Gasteiger partial charge < -0.3 is 15.5 Å². The predicted molar refractivity (Wildman–Crippen MR) is 126 cm³/mol. The van der Waals surface area contributed by atoms with Gasteiger partial charge in [-0.1, -0.05) is 57.0 Å². The Morgan fingerprint density at radius 3 is 2.47 bits per heavy atom. The van der Waals surface area contributed by atoms with Crippen LogP contribution in [0.4, 0.5) is 5.13 Å². The summed E-state index contributed by atoms with van der Waals surface area (Å²) in [5, 5.41) is 8.15. The number of carbonyl (C=O) groups excluding carboxylic acids is 3. The third-order valence-electron chi connectivity index (χ3n) is 5.70. The summed E-state index contributed by atoms with van der Waals surface area (Å²) in [6.07, 6.45) is 5.91. The maximum Gasteiger partial charge on any atom is 0.243 e. The number of amides is 3. The molecular weight excluding hydrogens is 424 g/mol. The fraction of sp³-hybridized carbons (Fsp3) is 0.500. The summed E-state index contributed by atoms with van der Waals surface area (Å²) in [4.78, 5) is 44.5. The topological polar surface area (TPSA) is 91.4 Å². The molecule has 1 saturated carbocycles. The van der Waals surface area contributed by atoms with Gasteiger partial charge in [0, 0.05) is 37.0 Å². The van der Waals surface area contributed by atoms with E-state index in [0.717, 1.165) is 31.2 Å². The maximum absolute atomic E-state index is 13.3. The molecule has 1 aromatic carbocycles. The number of hydrogen-bond donors (Lipinski definition) is 2. The Balaban J connectivity index is 1.71. The molecule has 0 unspecified atom stereocenters. The van der Waals surface area contributed by atoms with Crippen molar-refractivity contribution in [3.63, 3.8) is 0 Å². The van der Waals surface area contributed by atoms with Crippen molar-refractivity contribution in [2.45, 2.75) is 71.0 Å². The van der Waals surface area contributed by atoms with Crippen molar-refractivity contribution in [1.82, 2.24) is 15.2 Å². The molecule has 0 spiro atoms. The van der Waals surface area contributed by atoms with Gasteiger partial charge in [0.15, 0.2) is 5.13 Å². The zero-order chi connectivity index (χ0) is 22.9. The van der Waals surface area contributed by atoms with Crippen molar-refractivity contribution >= 4 is 34.2 Å². The van der Waals surface area contributed by atoms with Crippen LogP contribution >= 0.6 is 11.3 Å². The lowest BCUT2D eigenvalue weighted by atomic mass is 9.99. The van der Waals surface area contributed by atoms with E-state index in [-0.39, 0.29) is 42.5 Å². The Hall–Kier alpha value is -2.74. The Morgan fingerprint density at radius 2 is 1.84 bits per heavy atom. The second kappa shape index (κ2) is 11.8. The second-order valence-electron chi connectivity index (χ2n) is 8.57. The van der Waals surface area contributed by atoms with Crippen LogP contribution in [0.1, 0.15) is 57.9 Å². The summed E-state index contributed by atoms with van der Waals surface area (Å²) in [6, 6.07) is 9.24. The monoisotopic (exact) mass is 456 g/mol. The summed E-state index contributed by atoms with van der Waals surface area (Å²) >= 11 is 1.33. The molecule has 2 N–H and O–H groups in total. The number of aromatic nitrogens is 1. The molecule has 32 heavy (non-hydrogen) atoms. The third-order valence-corrected chi connectivity index (χ3v) is 6.39. The molecule has 3 amide bonds. The van der Waals surface area contributed by atoms with Crippen molar-refractivity contribution in [2.75, 3.05) is 5.32 Å². The molecule has 1 aliphatic carbocycles. The third kappa shape index (κ3) is 6.88. The van der Waals surface area contributed by atoms with Crippen LogP contribution in [-0.4, -0.2) is 39.7 Å². The molecule has 0 saturated heterocycles. The zero-order valence-corrected chi connectivity index (χ0v) is 19.6. The van der Waals surface area contributed by atoms with Crippen molar-refractivity contribution < 1.29 is 14.4 Å². The van der Waals surface area contributed by atoms with Gasteiger partial charge in [0.05, 0.1) is 0 Å². The quantitative estimate of drug-likeness (QED) is 0.566. The summed E-state index contributed by atoms with van der Waals surface area (Å²) in [6.45, 7) is 4.24. The van der Waals surface area contributed by atoms with Gasteiger partial charge >= 0.3 is 0 Å². The van der Waals surface area contributed by atoms with E-state index in [2.05, 4.69) is 15.6 Å². The number of hydrogen-bond acceptors (Lipinski definition) is 5. The van der Waals surface area contributed by atoms with Crippen LogP contribution in [0, 0.1) is 5.92 Å². The molecule has 172 valence electrons. The first-order chi connectivity index (χ1) is 15.4. The van der Waals surface area contributed by atoms with E-state index in [9.17, 15) is 14.4 Å². The Bertz CT molecular complexity index is 880. The Morgan fingerprint density at radius 1 is 1.12 bits per heavy atom. The van der Waals surface area contributed by atoms with Crippen LogP contribution in [0.2, 0.25) is 0 Å². The molecule has 1 fully saturated rings. The number of benzene rings is 1. The number of thiazole rings is 1. The van der Waals surface area contributed by atoms with E-state index < -0.39 is 6.04 Å². The van der Waals surface area contributed by atoms with Crippen molar-refractivity contribution in [1.29, 1.82) is 0 Å². The highest BCUT2D eigenvalue weighted by Crippen LogP contribution is 2.21.